The minimum atomic E-state index is -3.78. The molecule has 1 saturated heterocycles. The number of hydrogen-bond donors (Lipinski definition) is 1. The molecule has 0 unspecified atom stereocenters. The largest absolute Gasteiger partial charge is 0.342 e. The van der Waals surface area contributed by atoms with Crippen LogP contribution in [0.5, 0.6) is 0 Å². The van der Waals surface area contributed by atoms with E-state index < -0.39 is 10.0 Å². The molecule has 8 heteroatoms. The Morgan fingerprint density at radius 1 is 1.16 bits per heavy atom. The standard InChI is InChI=1S/C17H21N3O4S/c1-19(12-17(22)20-9-3-2-4-10-20)25(23,24)14-6-7-15-13(11-14)5-8-16(21)18-15/h5-8,11H,2-4,9-10,12H2,1H3,(H,18,21). The molecule has 25 heavy (non-hydrogen) atoms. The maximum atomic E-state index is 12.7. The average molecular weight is 363 g/mol. The molecular weight excluding hydrogens is 342 g/mol. The summed E-state index contributed by atoms with van der Waals surface area (Å²) >= 11 is 0. The summed E-state index contributed by atoms with van der Waals surface area (Å²) in [7, 11) is -2.37. The van der Waals surface area contributed by atoms with Crippen LogP contribution in [0.2, 0.25) is 0 Å². The van der Waals surface area contributed by atoms with Crippen LogP contribution in [-0.2, 0) is 14.8 Å². The quantitative estimate of drug-likeness (QED) is 0.883. The lowest BCUT2D eigenvalue weighted by atomic mass is 10.1. The highest BCUT2D eigenvalue weighted by Crippen LogP contribution is 2.20. The van der Waals surface area contributed by atoms with Gasteiger partial charge in [-0.3, -0.25) is 9.59 Å². The van der Waals surface area contributed by atoms with Gasteiger partial charge in [0.05, 0.1) is 11.4 Å². The predicted molar refractivity (Wildman–Crippen MR) is 94.8 cm³/mol. The van der Waals surface area contributed by atoms with Crippen LogP contribution in [-0.4, -0.2) is 55.2 Å². The van der Waals surface area contributed by atoms with Crippen LogP contribution in [0.3, 0.4) is 0 Å². The van der Waals surface area contributed by atoms with E-state index in [4.69, 9.17) is 0 Å². The molecule has 1 amide bonds. The van der Waals surface area contributed by atoms with Crippen LogP contribution >= 0.6 is 0 Å². The summed E-state index contributed by atoms with van der Waals surface area (Å²) in [5.41, 5.74) is 0.325. The summed E-state index contributed by atoms with van der Waals surface area (Å²) in [6, 6.07) is 7.43. The zero-order valence-electron chi connectivity index (χ0n) is 14.1. The number of pyridine rings is 1. The Morgan fingerprint density at radius 2 is 1.88 bits per heavy atom. The highest BCUT2D eigenvalue weighted by molar-refractivity contribution is 7.89. The first-order chi connectivity index (χ1) is 11.9. The molecule has 3 rings (SSSR count). The maximum absolute atomic E-state index is 12.7. The molecule has 0 spiro atoms. The molecule has 0 bridgehead atoms. The SMILES string of the molecule is CN(CC(=O)N1CCCCC1)S(=O)(=O)c1ccc2[nH]c(=O)ccc2c1. The number of nitrogens with zero attached hydrogens (tertiary/aromatic N) is 2. The number of benzene rings is 1. The van der Waals surface area contributed by atoms with Crippen LogP contribution in [0.4, 0.5) is 0 Å². The molecule has 0 atom stereocenters. The zero-order valence-corrected chi connectivity index (χ0v) is 14.9. The van der Waals surface area contributed by atoms with Crippen molar-refractivity contribution in [2.45, 2.75) is 24.2 Å². The third kappa shape index (κ3) is 3.74. The van der Waals surface area contributed by atoms with Gasteiger partial charge in [-0.2, -0.15) is 4.31 Å². The van der Waals surface area contributed by atoms with Gasteiger partial charge in [0.1, 0.15) is 0 Å². The third-order valence-electron chi connectivity index (χ3n) is 4.47. The molecule has 0 saturated carbocycles. The van der Waals surface area contributed by atoms with Gasteiger partial charge >= 0.3 is 0 Å². The number of piperidine rings is 1. The van der Waals surface area contributed by atoms with Gasteiger partial charge in [0, 0.05) is 31.7 Å². The molecule has 1 aromatic heterocycles. The third-order valence-corrected chi connectivity index (χ3v) is 6.27. The van der Waals surface area contributed by atoms with E-state index in [-0.39, 0.29) is 22.9 Å². The average Bonchev–Trinajstić information content (AvgIpc) is 2.61. The molecule has 1 N–H and O–H groups in total. The lowest BCUT2D eigenvalue weighted by molar-refractivity contribution is -0.132. The Morgan fingerprint density at radius 3 is 2.60 bits per heavy atom. The molecule has 1 aromatic carbocycles. The molecular formula is C17H21N3O4S. The number of aromatic amines is 1. The monoisotopic (exact) mass is 363 g/mol. The number of likely N-dealkylation sites (N-methyl/N-ethyl adjacent to an activating group) is 1. The summed E-state index contributed by atoms with van der Waals surface area (Å²) in [5.74, 6) is -0.170. The van der Waals surface area contributed by atoms with Crippen molar-refractivity contribution in [3.8, 4) is 0 Å². The second-order valence-electron chi connectivity index (χ2n) is 6.27. The van der Waals surface area contributed by atoms with E-state index in [9.17, 15) is 18.0 Å². The Kier molecular flexibility index (Phi) is 4.91. The molecule has 0 aliphatic carbocycles. The van der Waals surface area contributed by atoms with Crippen molar-refractivity contribution in [1.82, 2.24) is 14.2 Å². The summed E-state index contributed by atoms with van der Waals surface area (Å²) < 4.78 is 26.6. The molecule has 0 radical (unpaired) electrons. The number of fused-ring (bicyclic) bond motifs is 1. The fourth-order valence-electron chi connectivity index (χ4n) is 2.99. The number of carbonyl (C=O) groups excluding carboxylic acids is 1. The summed E-state index contributed by atoms with van der Waals surface area (Å²) in [4.78, 5) is 28.1. The zero-order chi connectivity index (χ0) is 18.0. The normalized spacial score (nSPS) is 15.7. The molecule has 1 aliphatic rings. The Hall–Kier alpha value is -2.19. The molecule has 134 valence electrons. The lowest BCUT2D eigenvalue weighted by Crippen LogP contribution is -2.43. The van der Waals surface area contributed by atoms with Gasteiger partial charge in [-0.25, -0.2) is 8.42 Å². The number of H-pyrrole nitrogens is 1. The van der Waals surface area contributed by atoms with Gasteiger partial charge in [0.2, 0.25) is 21.5 Å². The molecule has 1 fully saturated rings. The fraction of sp³-hybridized carbons (Fsp3) is 0.412. The van der Waals surface area contributed by atoms with E-state index in [0.717, 1.165) is 23.6 Å². The summed E-state index contributed by atoms with van der Waals surface area (Å²) in [6.45, 7) is 1.21. The fourth-order valence-corrected chi connectivity index (χ4v) is 4.15. The van der Waals surface area contributed by atoms with Gasteiger partial charge in [-0.05, 0) is 48.9 Å². The van der Waals surface area contributed by atoms with Crippen molar-refractivity contribution in [2.24, 2.45) is 0 Å². The van der Waals surface area contributed by atoms with Crippen molar-refractivity contribution in [3.05, 3.63) is 40.7 Å². The minimum Gasteiger partial charge on any atom is -0.342 e. The number of carbonyl (C=O) groups is 1. The van der Waals surface area contributed by atoms with Crippen molar-refractivity contribution in [1.29, 1.82) is 0 Å². The van der Waals surface area contributed by atoms with Crippen LogP contribution in [0.25, 0.3) is 10.9 Å². The van der Waals surface area contributed by atoms with Crippen molar-refractivity contribution in [2.75, 3.05) is 26.7 Å². The summed E-state index contributed by atoms with van der Waals surface area (Å²) in [6.07, 6.45) is 3.03. The van der Waals surface area contributed by atoms with Gasteiger partial charge < -0.3 is 9.88 Å². The van der Waals surface area contributed by atoms with Gasteiger partial charge in [-0.1, -0.05) is 0 Å². The van der Waals surface area contributed by atoms with Crippen LogP contribution in [0.1, 0.15) is 19.3 Å². The number of amides is 1. The van der Waals surface area contributed by atoms with E-state index in [1.807, 2.05) is 0 Å². The van der Waals surface area contributed by atoms with Gasteiger partial charge in [0.25, 0.3) is 0 Å². The molecule has 2 aromatic rings. The van der Waals surface area contributed by atoms with Crippen LogP contribution in [0, 0.1) is 0 Å². The van der Waals surface area contributed by atoms with Crippen LogP contribution in [0.15, 0.2) is 40.0 Å². The Bertz CT molecular complexity index is 946. The highest BCUT2D eigenvalue weighted by Gasteiger charge is 2.26. The van der Waals surface area contributed by atoms with E-state index in [0.29, 0.717) is 24.0 Å². The van der Waals surface area contributed by atoms with Gasteiger partial charge in [-0.15, -0.1) is 0 Å². The van der Waals surface area contributed by atoms with E-state index >= 15 is 0 Å². The van der Waals surface area contributed by atoms with E-state index in [1.165, 1.54) is 25.2 Å². The van der Waals surface area contributed by atoms with E-state index in [2.05, 4.69) is 4.98 Å². The summed E-state index contributed by atoms with van der Waals surface area (Å²) in [5, 5.41) is 0.622. The second-order valence-corrected chi connectivity index (χ2v) is 8.32. The van der Waals surface area contributed by atoms with Crippen molar-refractivity contribution < 1.29 is 13.2 Å². The first-order valence-electron chi connectivity index (χ1n) is 8.25. The van der Waals surface area contributed by atoms with E-state index in [1.54, 1.807) is 17.0 Å². The number of aromatic nitrogens is 1. The maximum Gasteiger partial charge on any atom is 0.248 e. The Labute approximate surface area is 146 Å². The smallest absolute Gasteiger partial charge is 0.248 e. The number of hydrogen-bond acceptors (Lipinski definition) is 4. The van der Waals surface area contributed by atoms with Crippen molar-refractivity contribution >= 4 is 26.8 Å². The first-order valence-corrected chi connectivity index (χ1v) is 9.69. The van der Waals surface area contributed by atoms with Crippen LogP contribution < -0.4 is 5.56 Å². The van der Waals surface area contributed by atoms with Gasteiger partial charge in [0.15, 0.2) is 0 Å². The minimum absolute atomic E-state index is 0.0981. The number of sulfonamides is 1. The molecule has 2 heterocycles. The molecule has 1 aliphatic heterocycles. The Balaban J connectivity index is 1.81. The number of likely N-dealkylation sites (tertiary alicyclic amines) is 1. The topological polar surface area (TPSA) is 90.6 Å². The lowest BCUT2D eigenvalue weighted by Gasteiger charge is -2.28. The van der Waals surface area contributed by atoms with Crippen molar-refractivity contribution in [3.63, 3.8) is 0 Å². The molecule has 7 nitrogen and oxygen atoms in total. The first kappa shape index (κ1) is 17.6. The number of nitrogens with one attached hydrogen (secondary N) is 1. The predicted octanol–water partition coefficient (Wildman–Crippen LogP) is 1.16. The highest BCUT2D eigenvalue weighted by atomic mass is 32.2. The number of rotatable bonds is 4. The second kappa shape index (κ2) is 6.97.